The number of nitrogens with one attached hydrogen (secondary N) is 1. The van der Waals surface area contributed by atoms with Crippen molar-refractivity contribution >= 4 is 12.2 Å². The van der Waals surface area contributed by atoms with E-state index in [1.807, 2.05) is 67.7 Å². The van der Waals surface area contributed by atoms with Gasteiger partial charge in [0.2, 0.25) is 0 Å². The summed E-state index contributed by atoms with van der Waals surface area (Å²) in [6.45, 7) is 16.3. The van der Waals surface area contributed by atoms with E-state index in [-0.39, 0.29) is 24.3 Å². The van der Waals surface area contributed by atoms with Gasteiger partial charge in [0, 0.05) is 25.7 Å². The molecule has 0 aromatic rings. The number of nitrogens with zero attached hydrogens (tertiary/aromatic N) is 2. The van der Waals surface area contributed by atoms with Gasteiger partial charge in [-0.2, -0.15) is 0 Å². The number of rotatable bonds is 3. The highest BCUT2D eigenvalue weighted by Gasteiger charge is 2.35. The molecule has 0 aromatic carbocycles. The summed E-state index contributed by atoms with van der Waals surface area (Å²) in [5, 5.41) is 3.19. The van der Waals surface area contributed by atoms with Gasteiger partial charge in [0.1, 0.15) is 11.2 Å². The molecule has 0 unspecified atom stereocenters. The molecule has 1 atom stereocenters. The van der Waals surface area contributed by atoms with E-state index in [1.54, 1.807) is 9.80 Å². The Hall–Kier alpha value is -1.92. The second kappa shape index (κ2) is 8.64. The molecule has 0 bridgehead atoms. The average molecular weight is 370 g/mol. The van der Waals surface area contributed by atoms with Gasteiger partial charge in [-0.25, -0.2) is 9.59 Å². The van der Waals surface area contributed by atoms with Crippen LogP contribution >= 0.6 is 0 Å². The predicted octanol–water partition coefficient (Wildman–Crippen LogP) is 3.35. The Kier molecular flexibility index (Phi) is 7.35. The first-order chi connectivity index (χ1) is 11.8. The smallest absolute Gasteiger partial charge is 0.410 e. The Morgan fingerprint density at radius 2 is 1.54 bits per heavy atom. The molecule has 0 aromatic heterocycles. The first-order valence-corrected chi connectivity index (χ1v) is 9.19. The topological polar surface area (TPSA) is 71.1 Å². The maximum absolute atomic E-state index is 12.5. The first-order valence-electron chi connectivity index (χ1n) is 9.19. The summed E-state index contributed by atoms with van der Waals surface area (Å²) in [4.78, 5) is 28.2. The number of carbonyl (C=O) groups is 2. The van der Waals surface area contributed by atoms with Crippen molar-refractivity contribution in [3.05, 3.63) is 12.3 Å². The maximum Gasteiger partial charge on any atom is 0.410 e. The summed E-state index contributed by atoms with van der Waals surface area (Å²) in [7, 11) is 0. The van der Waals surface area contributed by atoms with Crippen molar-refractivity contribution in [3.8, 4) is 0 Å². The number of hydrogen-bond acceptors (Lipinski definition) is 5. The average Bonchev–Trinajstić information content (AvgIpc) is 2.43. The highest BCUT2D eigenvalue weighted by molar-refractivity contribution is 5.71. The molecule has 1 N–H and O–H groups in total. The van der Waals surface area contributed by atoms with Crippen LogP contribution in [-0.4, -0.2) is 64.9 Å². The summed E-state index contributed by atoms with van der Waals surface area (Å²) >= 11 is 0. The van der Waals surface area contributed by atoms with E-state index in [0.717, 1.165) is 0 Å². The van der Waals surface area contributed by atoms with Crippen LogP contribution < -0.4 is 5.32 Å². The molecule has 1 heterocycles. The summed E-state index contributed by atoms with van der Waals surface area (Å²) < 4.78 is 11.0. The molecule has 1 aliphatic rings. The van der Waals surface area contributed by atoms with Crippen LogP contribution in [0.4, 0.5) is 9.59 Å². The monoisotopic (exact) mass is 369 g/mol. The molecule has 0 saturated carbocycles. The van der Waals surface area contributed by atoms with Crippen molar-refractivity contribution in [1.29, 1.82) is 0 Å². The van der Waals surface area contributed by atoms with Gasteiger partial charge in [-0.3, -0.25) is 4.90 Å². The van der Waals surface area contributed by atoms with E-state index < -0.39 is 11.2 Å². The van der Waals surface area contributed by atoms with E-state index in [9.17, 15) is 9.59 Å². The van der Waals surface area contributed by atoms with Crippen molar-refractivity contribution in [3.63, 3.8) is 0 Å². The molecule has 1 saturated heterocycles. The van der Waals surface area contributed by atoms with Gasteiger partial charge in [0.05, 0.1) is 6.04 Å². The Bertz CT molecular complexity index is 518. The molecule has 2 amide bonds. The third-order valence-corrected chi connectivity index (χ3v) is 3.45. The van der Waals surface area contributed by atoms with E-state index in [2.05, 4.69) is 5.32 Å². The molecule has 1 rings (SSSR count). The van der Waals surface area contributed by atoms with E-state index >= 15 is 0 Å². The number of hydrogen-bond donors (Lipinski definition) is 1. The van der Waals surface area contributed by atoms with Crippen LogP contribution in [0.15, 0.2) is 12.3 Å². The largest absolute Gasteiger partial charge is 0.444 e. The van der Waals surface area contributed by atoms with Crippen LogP contribution in [0.25, 0.3) is 0 Å². The van der Waals surface area contributed by atoms with E-state index in [4.69, 9.17) is 9.47 Å². The quantitative estimate of drug-likeness (QED) is 0.826. The third kappa shape index (κ3) is 7.97. The molecule has 7 nitrogen and oxygen atoms in total. The molecular formula is C19H35N3O4. The minimum Gasteiger partial charge on any atom is -0.444 e. The normalized spacial score (nSPS) is 19.0. The van der Waals surface area contributed by atoms with Gasteiger partial charge >= 0.3 is 12.2 Å². The minimum absolute atomic E-state index is 0.280. The Balaban J connectivity index is 2.87. The molecule has 7 heteroatoms. The van der Waals surface area contributed by atoms with Gasteiger partial charge in [-0.15, -0.1) is 0 Å². The minimum atomic E-state index is -0.566. The lowest BCUT2D eigenvalue weighted by molar-refractivity contribution is -0.00878. The molecule has 26 heavy (non-hydrogen) atoms. The fraction of sp³-hybridized carbons (Fsp3) is 0.789. The third-order valence-electron chi connectivity index (χ3n) is 3.45. The van der Waals surface area contributed by atoms with Gasteiger partial charge in [0.25, 0.3) is 0 Å². The summed E-state index contributed by atoms with van der Waals surface area (Å²) in [6, 6.07) is 0.00384. The molecular weight excluding hydrogens is 334 g/mol. The Morgan fingerprint density at radius 1 is 1.00 bits per heavy atom. The molecule has 0 radical (unpaired) electrons. The van der Waals surface area contributed by atoms with Crippen molar-refractivity contribution in [2.24, 2.45) is 0 Å². The number of carbonyl (C=O) groups excluding carboxylic acids is 2. The first kappa shape index (κ1) is 22.1. The summed E-state index contributed by atoms with van der Waals surface area (Å²) in [6.07, 6.45) is 2.98. The van der Waals surface area contributed by atoms with Crippen molar-refractivity contribution in [2.75, 3.05) is 19.6 Å². The fourth-order valence-corrected chi connectivity index (χ4v) is 2.37. The SMILES string of the molecule is CC(C)N/C=C/[C@H]1CN(C(=O)OC(C)(C)C)CCN1C(=O)OC(C)(C)C. The summed E-state index contributed by atoms with van der Waals surface area (Å²) in [5.41, 5.74) is -1.12. The molecule has 1 fully saturated rings. The van der Waals surface area contributed by atoms with Crippen LogP contribution in [0.1, 0.15) is 55.4 Å². The van der Waals surface area contributed by atoms with E-state index in [0.29, 0.717) is 19.6 Å². The zero-order valence-corrected chi connectivity index (χ0v) is 17.5. The van der Waals surface area contributed by atoms with Crippen LogP contribution in [0.2, 0.25) is 0 Å². The predicted molar refractivity (Wildman–Crippen MR) is 102 cm³/mol. The van der Waals surface area contributed by atoms with Crippen LogP contribution in [0.3, 0.4) is 0 Å². The fourth-order valence-electron chi connectivity index (χ4n) is 2.37. The molecule has 150 valence electrons. The highest BCUT2D eigenvalue weighted by atomic mass is 16.6. The van der Waals surface area contributed by atoms with Crippen LogP contribution in [0.5, 0.6) is 0 Å². The summed E-state index contributed by atoms with van der Waals surface area (Å²) in [5.74, 6) is 0. The van der Waals surface area contributed by atoms with Crippen molar-refractivity contribution < 1.29 is 19.1 Å². The van der Waals surface area contributed by atoms with Crippen molar-refractivity contribution in [2.45, 2.75) is 78.7 Å². The second-order valence-corrected chi connectivity index (χ2v) is 8.85. The van der Waals surface area contributed by atoms with Gasteiger partial charge in [-0.1, -0.05) is 0 Å². The zero-order valence-electron chi connectivity index (χ0n) is 17.5. The zero-order chi connectivity index (χ0) is 20.1. The van der Waals surface area contributed by atoms with Crippen molar-refractivity contribution in [1.82, 2.24) is 15.1 Å². The Morgan fingerprint density at radius 3 is 2.04 bits per heavy atom. The van der Waals surface area contributed by atoms with Gasteiger partial charge in [0.15, 0.2) is 0 Å². The lowest BCUT2D eigenvalue weighted by Crippen LogP contribution is -2.57. The highest BCUT2D eigenvalue weighted by Crippen LogP contribution is 2.19. The van der Waals surface area contributed by atoms with E-state index in [1.165, 1.54) is 0 Å². The lowest BCUT2D eigenvalue weighted by Gasteiger charge is -2.40. The molecule has 0 aliphatic carbocycles. The number of ether oxygens (including phenoxy) is 2. The Labute approximate surface area is 157 Å². The van der Waals surface area contributed by atoms with Gasteiger partial charge in [-0.05, 0) is 67.7 Å². The lowest BCUT2D eigenvalue weighted by atomic mass is 10.1. The standard InChI is InChI=1S/C19H35N3O4/c1-14(2)20-10-9-15-13-21(16(23)25-18(3,4)5)11-12-22(15)17(24)26-19(6,7)8/h9-10,14-15,20H,11-13H2,1-8H3/b10-9+/t15-/m0/s1. The second-order valence-electron chi connectivity index (χ2n) is 8.85. The number of amides is 2. The van der Waals surface area contributed by atoms with Crippen LogP contribution in [-0.2, 0) is 9.47 Å². The maximum atomic E-state index is 12.5. The van der Waals surface area contributed by atoms with Gasteiger partial charge < -0.3 is 19.7 Å². The molecule has 0 spiro atoms. The molecule has 1 aliphatic heterocycles. The number of piperazine rings is 1. The van der Waals surface area contributed by atoms with Crippen LogP contribution in [0, 0.1) is 0 Å².